The lowest BCUT2D eigenvalue weighted by atomic mass is 9.98. The Kier molecular flexibility index (Phi) is 2.53. The first-order chi connectivity index (χ1) is 4.74. The van der Waals surface area contributed by atoms with E-state index in [4.69, 9.17) is 12.6 Å². The first-order valence-corrected chi connectivity index (χ1v) is 3.78. The van der Waals surface area contributed by atoms with Gasteiger partial charge in [-0.15, -0.1) is 0 Å². The minimum absolute atomic E-state index is 0.493. The van der Waals surface area contributed by atoms with E-state index in [0.29, 0.717) is 11.3 Å². The third-order valence-corrected chi connectivity index (χ3v) is 1.65. The van der Waals surface area contributed by atoms with Crippen LogP contribution in [-0.4, -0.2) is 19.9 Å². The summed E-state index contributed by atoms with van der Waals surface area (Å²) in [6.07, 6.45) is 0. The summed E-state index contributed by atoms with van der Waals surface area (Å²) in [6.45, 7) is 0. The summed E-state index contributed by atoms with van der Waals surface area (Å²) in [6, 6.07) is 3.60. The number of hydrogen-bond donors (Lipinski definition) is 0. The number of rotatable bonds is 1. The van der Waals surface area contributed by atoms with Crippen LogP contribution in [0.2, 0.25) is 0 Å². The quantitative estimate of drug-likeness (QED) is 0.408. The van der Waals surface area contributed by atoms with Crippen molar-refractivity contribution in [3.63, 3.8) is 0 Å². The molecule has 0 aromatic carbocycles. The molecule has 0 fully saturated rings. The Labute approximate surface area is 74.5 Å². The van der Waals surface area contributed by atoms with Crippen molar-refractivity contribution < 1.29 is 4.74 Å². The van der Waals surface area contributed by atoms with Gasteiger partial charge in [0, 0.05) is 0 Å². The molecule has 0 bridgehead atoms. The van der Waals surface area contributed by atoms with Crippen LogP contribution in [-0.2, 0) is 0 Å². The Morgan fingerprint density at radius 3 is 2.80 bits per heavy atom. The first kappa shape index (κ1) is 7.85. The Bertz CT molecular complexity index is 241. The van der Waals surface area contributed by atoms with Crippen LogP contribution in [0.1, 0.15) is 0 Å². The lowest BCUT2D eigenvalue weighted by Crippen LogP contribution is -2.09. The summed E-state index contributed by atoms with van der Waals surface area (Å²) >= 11 is 2.10. The van der Waals surface area contributed by atoms with Crippen molar-refractivity contribution in [2.24, 2.45) is 0 Å². The molecule has 1 aromatic rings. The Balaban J connectivity index is 3.09. The van der Waals surface area contributed by atoms with E-state index in [9.17, 15) is 0 Å². The Morgan fingerprint density at radius 1 is 1.60 bits per heavy atom. The lowest BCUT2D eigenvalue weighted by molar-refractivity contribution is 0.400. The molecule has 0 aliphatic rings. The highest BCUT2D eigenvalue weighted by atomic mass is 127. The van der Waals surface area contributed by atoms with E-state index in [1.165, 1.54) is 0 Å². The summed E-state index contributed by atoms with van der Waals surface area (Å²) in [5.41, 5.74) is 0.572. The minimum atomic E-state index is 0.493. The molecule has 4 heteroatoms. The molecule has 1 heterocycles. The number of pyridine rings is 1. The van der Waals surface area contributed by atoms with Gasteiger partial charge in [0.1, 0.15) is 11.5 Å². The van der Waals surface area contributed by atoms with Crippen LogP contribution in [0, 0.1) is 3.70 Å². The number of aromatic nitrogens is 1. The predicted molar refractivity (Wildman–Crippen MR) is 48.9 cm³/mol. The molecule has 0 atom stereocenters. The van der Waals surface area contributed by atoms with Gasteiger partial charge < -0.3 is 4.74 Å². The first-order valence-electron chi connectivity index (χ1n) is 2.70. The summed E-state index contributed by atoms with van der Waals surface area (Å²) in [4.78, 5) is 4.03. The number of nitrogens with zero attached hydrogens (tertiary/aromatic N) is 1. The molecule has 2 radical (unpaired) electrons. The average molecular weight is 245 g/mol. The molecule has 1 rings (SSSR count). The monoisotopic (exact) mass is 245 g/mol. The van der Waals surface area contributed by atoms with Crippen molar-refractivity contribution in [3.8, 4) is 5.88 Å². The van der Waals surface area contributed by atoms with E-state index < -0.39 is 0 Å². The van der Waals surface area contributed by atoms with Gasteiger partial charge in [0.05, 0.1) is 7.11 Å². The largest absolute Gasteiger partial charge is 0.481 e. The fourth-order valence-corrected chi connectivity index (χ4v) is 0.991. The summed E-state index contributed by atoms with van der Waals surface area (Å²) < 4.78 is 5.76. The van der Waals surface area contributed by atoms with Gasteiger partial charge in [-0.2, -0.15) is 0 Å². The van der Waals surface area contributed by atoms with Gasteiger partial charge in [0.25, 0.3) is 0 Å². The van der Waals surface area contributed by atoms with Gasteiger partial charge in [-0.05, 0) is 34.1 Å². The van der Waals surface area contributed by atoms with Crippen LogP contribution < -0.4 is 10.2 Å². The average Bonchev–Trinajstić information content (AvgIpc) is 1.94. The van der Waals surface area contributed by atoms with Crippen molar-refractivity contribution in [2.75, 3.05) is 7.11 Å². The fraction of sp³-hybridized carbons (Fsp3) is 0.167. The van der Waals surface area contributed by atoms with Gasteiger partial charge >= 0.3 is 0 Å². The van der Waals surface area contributed by atoms with Crippen LogP contribution in [0.4, 0.5) is 0 Å². The van der Waals surface area contributed by atoms with Gasteiger partial charge in [0.15, 0.2) is 0 Å². The highest BCUT2D eigenvalue weighted by Gasteiger charge is 1.97. The van der Waals surface area contributed by atoms with Gasteiger partial charge in [-0.1, -0.05) is 6.07 Å². The molecule has 2 nitrogen and oxygen atoms in total. The minimum Gasteiger partial charge on any atom is -0.481 e. The smallest absolute Gasteiger partial charge is 0.206 e. The zero-order valence-corrected chi connectivity index (χ0v) is 7.62. The molecule has 0 saturated carbocycles. The fourth-order valence-electron chi connectivity index (χ4n) is 0.592. The molecule has 0 spiro atoms. The second-order valence-corrected chi connectivity index (χ2v) is 2.84. The van der Waals surface area contributed by atoms with E-state index in [2.05, 4.69) is 27.6 Å². The third kappa shape index (κ3) is 1.62. The highest BCUT2D eigenvalue weighted by molar-refractivity contribution is 14.1. The number of ether oxygens (including phenoxy) is 1. The zero-order chi connectivity index (χ0) is 7.56. The van der Waals surface area contributed by atoms with E-state index in [1.807, 2.05) is 6.07 Å². The molecule has 0 aliphatic heterocycles. The lowest BCUT2D eigenvalue weighted by Gasteiger charge is -2.01. The van der Waals surface area contributed by atoms with Crippen molar-refractivity contribution in [1.82, 2.24) is 4.98 Å². The van der Waals surface area contributed by atoms with E-state index in [-0.39, 0.29) is 0 Å². The maximum Gasteiger partial charge on any atom is 0.206 e. The van der Waals surface area contributed by atoms with Gasteiger partial charge in [-0.25, -0.2) is 4.98 Å². The molecule has 0 unspecified atom stereocenters. The molecule has 0 amide bonds. The molecular formula is C6H5BINO. The maximum atomic E-state index is 5.51. The van der Waals surface area contributed by atoms with Crippen LogP contribution in [0.5, 0.6) is 5.88 Å². The van der Waals surface area contributed by atoms with Gasteiger partial charge in [-0.3, -0.25) is 0 Å². The second-order valence-electron chi connectivity index (χ2n) is 1.73. The SMILES string of the molecule is [B]c1ccc(I)nc1OC. The standard InChI is InChI=1S/C6H5BINO/c1-10-6-4(7)2-3-5(8)9-6/h2-3H,1H3. The second kappa shape index (κ2) is 3.23. The van der Waals surface area contributed by atoms with E-state index in [0.717, 1.165) is 3.70 Å². The van der Waals surface area contributed by atoms with Crippen molar-refractivity contribution in [2.45, 2.75) is 0 Å². The highest BCUT2D eigenvalue weighted by Crippen LogP contribution is 2.04. The van der Waals surface area contributed by atoms with E-state index in [1.54, 1.807) is 13.2 Å². The summed E-state index contributed by atoms with van der Waals surface area (Å²) in [7, 11) is 7.06. The van der Waals surface area contributed by atoms with Gasteiger partial charge in [0.2, 0.25) is 5.88 Å². The molecule has 10 heavy (non-hydrogen) atoms. The number of hydrogen-bond acceptors (Lipinski definition) is 2. The molecular weight excluding hydrogens is 240 g/mol. The third-order valence-electron chi connectivity index (χ3n) is 1.05. The van der Waals surface area contributed by atoms with Crippen LogP contribution in [0.15, 0.2) is 12.1 Å². The molecule has 0 aliphatic carbocycles. The predicted octanol–water partition coefficient (Wildman–Crippen LogP) is 0.489. The topological polar surface area (TPSA) is 22.1 Å². The normalized spacial score (nSPS) is 9.40. The molecule has 0 N–H and O–H groups in total. The molecule has 1 aromatic heterocycles. The van der Waals surface area contributed by atoms with Crippen molar-refractivity contribution >= 4 is 35.9 Å². The Morgan fingerprint density at radius 2 is 2.30 bits per heavy atom. The van der Waals surface area contributed by atoms with Crippen LogP contribution >= 0.6 is 22.6 Å². The van der Waals surface area contributed by atoms with Crippen molar-refractivity contribution in [3.05, 3.63) is 15.8 Å². The number of methoxy groups -OCH3 is 1. The molecule has 50 valence electrons. The van der Waals surface area contributed by atoms with Crippen LogP contribution in [0.25, 0.3) is 0 Å². The number of halogens is 1. The van der Waals surface area contributed by atoms with Crippen LogP contribution in [0.3, 0.4) is 0 Å². The van der Waals surface area contributed by atoms with E-state index >= 15 is 0 Å². The maximum absolute atomic E-state index is 5.51. The summed E-state index contributed by atoms with van der Waals surface area (Å²) in [5.74, 6) is 0.493. The summed E-state index contributed by atoms with van der Waals surface area (Å²) in [5, 5.41) is 0. The molecule has 0 saturated heterocycles. The Hall–Kier alpha value is -0.255. The van der Waals surface area contributed by atoms with Crippen molar-refractivity contribution in [1.29, 1.82) is 0 Å². The zero-order valence-electron chi connectivity index (χ0n) is 5.47.